The van der Waals surface area contributed by atoms with Gasteiger partial charge in [0, 0.05) is 31.0 Å². The van der Waals surface area contributed by atoms with Crippen molar-refractivity contribution in [1.82, 2.24) is 29.9 Å². The molecule has 4 heterocycles. The Hall–Kier alpha value is -4.89. The van der Waals surface area contributed by atoms with E-state index in [0.717, 1.165) is 11.9 Å². The number of aromatic nitrogens is 6. The first kappa shape index (κ1) is 33.3. The minimum atomic E-state index is -3.38. The van der Waals surface area contributed by atoms with Gasteiger partial charge in [0.05, 0.1) is 42.5 Å². The van der Waals surface area contributed by atoms with Crippen molar-refractivity contribution < 1.29 is 27.5 Å². The van der Waals surface area contributed by atoms with E-state index in [0.29, 0.717) is 36.2 Å². The Bertz CT molecular complexity index is 1510. The standard InChI is InChI=1S/C13H14N4O2.C10H9N3O2S.C4H9NO2/c1-2-19-12(18)9-16-13-15-8-6-11(17-13)10-5-3-4-7-14-10;1-16(14,15)10-12-7-5-9(13-10)8-4-2-3-6-11-8;1-2-7-4(6)3-5/h3-8H,2,9H2,1H3,(H,15,16,17);2-7H,1H3;2-3,5H2,1H3. The van der Waals surface area contributed by atoms with Crippen LogP contribution in [0.5, 0.6) is 0 Å². The Kier molecular flexibility index (Phi) is 14.1. The van der Waals surface area contributed by atoms with Crippen molar-refractivity contribution in [1.29, 1.82) is 0 Å². The number of carbonyl (C=O) groups excluding carboxylic acids is 2. The Morgan fingerprint density at radius 3 is 1.76 bits per heavy atom. The van der Waals surface area contributed by atoms with Crippen LogP contribution in [0.15, 0.2) is 78.5 Å². The summed E-state index contributed by atoms with van der Waals surface area (Å²) in [5.41, 5.74) is 7.45. The number of nitrogens with zero attached hydrogens (tertiary/aromatic N) is 6. The smallest absolute Gasteiger partial charge is 0.325 e. The first-order valence-corrected chi connectivity index (χ1v) is 14.5. The van der Waals surface area contributed by atoms with E-state index in [4.69, 9.17) is 10.5 Å². The number of nitrogens with two attached hydrogens (primary N) is 1. The van der Waals surface area contributed by atoms with Crippen molar-refractivity contribution in [2.24, 2.45) is 5.73 Å². The maximum Gasteiger partial charge on any atom is 0.325 e. The van der Waals surface area contributed by atoms with Gasteiger partial charge in [0.25, 0.3) is 0 Å². The molecule has 0 spiro atoms. The zero-order valence-corrected chi connectivity index (χ0v) is 24.2. The van der Waals surface area contributed by atoms with E-state index in [2.05, 4.69) is 40.0 Å². The van der Waals surface area contributed by atoms with E-state index in [1.165, 1.54) is 6.20 Å². The average Bonchev–Trinajstić information content (AvgIpc) is 3.01. The molecule has 4 aromatic heterocycles. The molecule has 0 aliphatic rings. The van der Waals surface area contributed by atoms with Gasteiger partial charge in [0.1, 0.15) is 6.54 Å². The van der Waals surface area contributed by atoms with E-state index in [1.54, 1.807) is 56.7 Å². The van der Waals surface area contributed by atoms with Gasteiger partial charge in [0.15, 0.2) is 0 Å². The first-order valence-electron chi connectivity index (χ1n) is 12.6. The number of hydrogen-bond acceptors (Lipinski definition) is 14. The normalized spacial score (nSPS) is 10.2. The number of hydrogen-bond donors (Lipinski definition) is 2. The highest BCUT2D eigenvalue weighted by atomic mass is 32.2. The summed E-state index contributed by atoms with van der Waals surface area (Å²) < 4.78 is 31.8. The summed E-state index contributed by atoms with van der Waals surface area (Å²) in [6.45, 7) is 4.29. The third-order valence-electron chi connectivity index (χ3n) is 4.64. The van der Waals surface area contributed by atoms with Crippen LogP contribution >= 0.6 is 0 Å². The SMILES string of the molecule is CCOC(=O)CN.CCOC(=O)CNc1nccc(-c2ccccn2)n1.CS(=O)(=O)c1nccc(-c2ccccn2)n1. The highest BCUT2D eigenvalue weighted by Gasteiger charge is 2.12. The molecule has 0 aliphatic carbocycles. The van der Waals surface area contributed by atoms with Gasteiger partial charge in [-0.1, -0.05) is 12.1 Å². The molecule has 0 aliphatic heterocycles. The van der Waals surface area contributed by atoms with Gasteiger partial charge in [-0.3, -0.25) is 19.6 Å². The van der Waals surface area contributed by atoms with E-state index in [1.807, 2.05) is 24.3 Å². The van der Waals surface area contributed by atoms with Crippen LogP contribution in [0.25, 0.3) is 22.8 Å². The van der Waals surface area contributed by atoms with Crippen LogP contribution in [0, 0.1) is 0 Å². The summed E-state index contributed by atoms with van der Waals surface area (Å²) in [5.74, 6) is -0.312. The molecule has 222 valence electrons. The predicted molar refractivity (Wildman–Crippen MR) is 154 cm³/mol. The molecular formula is C27H32N8O6S. The molecule has 0 amide bonds. The molecule has 3 N–H and O–H groups in total. The lowest BCUT2D eigenvalue weighted by Gasteiger charge is -2.05. The Morgan fingerprint density at radius 2 is 1.29 bits per heavy atom. The summed E-state index contributed by atoms with van der Waals surface area (Å²) >= 11 is 0. The topological polar surface area (TPSA) is 202 Å². The summed E-state index contributed by atoms with van der Waals surface area (Å²) in [5, 5.41) is 2.63. The molecule has 0 saturated heterocycles. The number of sulfone groups is 1. The van der Waals surface area contributed by atoms with Crippen LogP contribution in [0.1, 0.15) is 13.8 Å². The van der Waals surface area contributed by atoms with E-state index < -0.39 is 9.84 Å². The monoisotopic (exact) mass is 596 g/mol. The number of esters is 2. The van der Waals surface area contributed by atoms with Crippen LogP contribution in [0.2, 0.25) is 0 Å². The highest BCUT2D eigenvalue weighted by molar-refractivity contribution is 7.90. The van der Waals surface area contributed by atoms with Crippen molar-refractivity contribution in [2.75, 3.05) is 37.9 Å². The molecule has 0 atom stereocenters. The molecule has 0 unspecified atom stereocenters. The molecule has 15 heteroatoms. The molecule has 42 heavy (non-hydrogen) atoms. The quantitative estimate of drug-likeness (QED) is 0.210. The number of anilines is 1. The Balaban J connectivity index is 0.000000243. The minimum absolute atomic E-state index is 0.0200. The molecule has 0 bridgehead atoms. The lowest BCUT2D eigenvalue weighted by Crippen LogP contribution is -2.18. The maximum absolute atomic E-state index is 11.3. The molecular weight excluding hydrogens is 564 g/mol. The molecule has 0 radical (unpaired) electrons. The molecule has 0 saturated carbocycles. The summed E-state index contributed by atoms with van der Waals surface area (Å²) in [7, 11) is -3.38. The van der Waals surface area contributed by atoms with Crippen molar-refractivity contribution in [3.8, 4) is 22.8 Å². The van der Waals surface area contributed by atoms with E-state index in [-0.39, 0.29) is 30.2 Å². The summed E-state index contributed by atoms with van der Waals surface area (Å²) in [6, 6.07) is 14.3. The lowest BCUT2D eigenvalue weighted by atomic mass is 10.3. The van der Waals surface area contributed by atoms with Gasteiger partial charge in [-0.05, 0) is 50.2 Å². The number of pyridine rings is 2. The molecule has 14 nitrogen and oxygen atoms in total. The average molecular weight is 597 g/mol. The number of carbonyl (C=O) groups is 2. The number of ether oxygens (including phenoxy) is 2. The zero-order valence-electron chi connectivity index (χ0n) is 23.4. The van der Waals surface area contributed by atoms with Crippen LogP contribution in [-0.4, -0.2) is 82.8 Å². The fraction of sp³-hybridized carbons (Fsp3) is 0.259. The third kappa shape index (κ3) is 12.1. The lowest BCUT2D eigenvalue weighted by molar-refractivity contribution is -0.142. The minimum Gasteiger partial charge on any atom is -0.465 e. The van der Waals surface area contributed by atoms with Crippen molar-refractivity contribution in [3.05, 3.63) is 73.3 Å². The second-order valence-corrected chi connectivity index (χ2v) is 9.77. The van der Waals surface area contributed by atoms with Crippen molar-refractivity contribution >= 4 is 27.7 Å². The summed E-state index contributed by atoms with van der Waals surface area (Å²) in [6.07, 6.45) is 7.42. The van der Waals surface area contributed by atoms with Crippen LogP contribution in [-0.2, 0) is 28.9 Å². The van der Waals surface area contributed by atoms with Crippen LogP contribution in [0.3, 0.4) is 0 Å². The molecule has 4 rings (SSSR count). The second-order valence-electron chi connectivity index (χ2n) is 7.86. The zero-order chi connectivity index (χ0) is 30.8. The predicted octanol–water partition coefficient (Wildman–Crippen LogP) is 1.96. The van der Waals surface area contributed by atoms with Gasteiger partial charge in [-0.25, -0.2) is 28.4 Å². The molecule has 0 aromatic carbocycles. The van der Waals surface area contributed by atoms with Gasteiger partial charge in [-0.2, -0.15) is 0 Å². The Labute approximate surface area is 243 Å². The fourth-order valence-electron chi connectivity index (χ4n) is 2.86. The van der Waals surface area contributed by atoms with Crippen molar-refractivity contribution in [2.45, 2.75) is 19.0 Å². The third-order valence-corrected chi connectivity index (χ3v) is 5.50. The largest absolute Gasteiger partial charge is 0.465 e. The van der Waals surface area contributed by atoms with Gasteiger partial charge >= 0.3 is 11.9 Å². The Morgan fingerprint density at radius 1 is 0.738 bits per heavy atom. The number of rotatable bonds is 9. The summed E-state index contributed by atoms with van der Waals surface area (Å²) in [4.78, 5) is 45.6. The van der Waals surface area contributed by atoms with Gasteiger partial charge in [0.2, 0.25) is 20.9 Å². The first-order chi connectivity index (χ1) is 20.2. The van der Waals surface area contributed by atoms with Crippen LogP contribution in [0.4, 0.5) is 5.95 Å². The number of nitrogens with one attached hydrogen (secondary N) is 1. The van der Waals surface area contributed by atoms with E-state index in [9.17, 15) is 18.0 Å². The molecule has 4 aromatic rings. The van der Waals surface area contributed by atoms with Crippen molar-refractivity contribution in [3.63, 3.8) is 0 Å². The van der Waals surface area contributed by atoms with Gasteiger partial charge in [-0.15, -0.1) is 0 Å². The molecule has 0 fully saturated rings. The second kappa shape index (κ2) is 17.7. The fourth-order valence-corrected chi connectivity index (χ4v) is 3.38. The maximum atomic E-state index is 11.3. The highest BCUT2D eigenvalue weighted by Crippen LogP contribution is 2.15. The van der Waals surface area contributed by atoms with Crippen LogP contribution < -0.4 is 11.1 Å². The van der Waals surface area contributed by atoms with Gasteiger partial charge < -0.3 is 20.5 Å². The van der Waals surface area contributed by atoms with E-state index >= 15 is 0 Å².